The fraction of sp³-hybridized carbons (Fsp3) is 0.636. The lowest BCUT2D eigenvalue weighted by molar-refractivity contribution is 0.394. The van der Waals surface area contributed by atoms with Gasteiger partial charge in [0.15, 0.2) is 0 Å². The summed E-state index contributed by atoms with van der Waals surface area (Å²) in [6.45, 7) is 1.83. The van der Waals surface area contributed by atoms with Crippen LogP contribution >= 0.6 is 11.3 Å². The fourth-order valence-corrected chi connectivity index (χ4v) is 3.80. The summed E-state index contributed by atoms with van der Waals surface area (Å²) in [5, 5.41) is 0. The van der Waals surface area contributed by atoms with E-state index in [1.165, 1.54) is 11.3 Å². The van der Waals surface area contributed by atoms with E-state index in [0.717, 1.165) is 24.3 Å². The third kappa shape index (κ3) is 5.03. The summed E-state index contributed by atoms with van der Waals surface area (Å²) in [5.41, 5.74) is 5.46. The van der Waals surface area contributed by atoms with Crippen LogP contribution in [0.1, 0.15) is 17.7 Å². The lowest BCUT2D eigenvalue weighted by Gasteiger charge is -2.09. The van der Waals surface area contributed by atoms with Crippen molar-refractivity contribution in [2.24, 2.45) is 5.73 Å². The van der Waals surface area contributed by atoms with E-state index in [-0.39, 0.29) is 0 Å². The Bertz CT molecular complexity index is 455. The van der Waals surface area contributed by atoms with Gasteiger partial charge in [-0.15, -0.1) is 11.3 Å². The second kappa shape index (κ2) is 7.20. The van der Waals surface area contributed by atoms with Gasteiger partial charge in [0.2, 0.25) is 10.0 Å². The van der Waals surface area contributed by atoms with Gasteiger partial charge < -0.3 is 10.6 Å². The summed E-state index contributed by atoms with van der Waals surface area (Å²) >= 11 is 1.22. The molecule has 0 aromatic carbocycles. The van der Waals surface area contributed by atoms with Gasteiger partial charge in [0.1, 0.15) is 4.21 Å². The van der Waals surface area contributed by atoms with Crippen LogP contribution in [0.25, 0.3) is 0 Å². The minimum absolute atomic E-state index is 0.343. The Labute approximate surface area is 113 Å². The van der Waals surface area contributed by atoms with Crippen molar-refractivity contribution in [3.63, 3.8) is 0 Å². The minimum Gasteiger partial charge on any atom is -0.326 e. The Morgan fingerprint density at radius 3 is 2.61 bits per heavy atom. The summed E-state index contributed by atoms with van der Waals surface area (Å²) in [7, 11) is 0.657. The van der Waals surface area contributed by atoms with Crippen LogP contribution in [0.5, 0.6) is 0 Å². The first kappa shape index (κ1) is 15.6. The highest BCUT2D eigenvalue weighted by molar-refractivity contribution is 7.91. The quantitative estimate of drug-likeness (QED) is 0.696. The predicted octanol–water partition coefficient (Wildman–Crippen LogP) is 0.827. The molecular weight excluding hydrogens is 270 g/mol. The Morgan fingerprint density at radius 2 is 2.06 bits per heavy atom. The molecule has 0 atom stereocenters. The van der Waals surface area contributed by atoms with E-state index in [1.54, 1.807) is 12.1 Å². The van der Waals surface area contributed by atoms with Gasteiger partial charge in [-0.2, -0.15) is 0 Å². The van der Waals surface area contributed by atoms with Crippen molar-refractivity contribution >= 4 is 21.4 Å². The Hall–Kier alpha value is -0.470. The largest absolute Gasteiger partial charge is 0.326 e. The summed E-state index contributed by atoms with van der Waals surface area (Å²) in [6, 6.07) is 3.36. The molecule has 1 rings (SSSR count). The number of hydrogen-bond donors (Lipinski definition) is 2. The average molecular weight is 291 g/mol. The molecule has 1 aromatic heterocycles. The van der Waals surface area contributed by atoms with E-state index in [2.05, 4.69) is 9.62 Å². The highest BCUT2D eigenvalue weighted by atomic mass is 32.2. The molecule has 7 heteroatoms. The van der Waals surface area contributed by atoms with E-state index >= 15 is 0 Å². The van der Waals surface area contributed by atoms with Crippen molar-refractivity contribution in [3.05, 3.63) is 17.0 Å². The summed E-state index contributed by atoms with van der Waals surface area (Å²) in [5.74, 6) is 0. The molecule has 0 aliphatic carbocycles. The van der Waals surface area contributed by atoms with Crippen LogP contribution in [0, 0.1) is 0 Å². The van der Waals surface area contributed by atoms with Gasteiger partial charge in [0, 0.05) is 18.0 Å². The number of nitrogens with two attached hydrogens (primary N) is 1. The van der Waals surface area contributed by atoms with Crippen molar-refractivity contribution in [2.75, 3.05) is 27.2 Å². The van der Waals surface area contributed by atoms with Gasteiger partial charge in [0.05, 0.1) is 0 Å². The smallest absolute Gasteiger partial charge is 0.250 e. The van der Waals surface area contributed by atoms with Crippen LogP contribution in [-0.4, -0.2) is 40.5 Å². The second-order valence-corrected chi connectivity index (χ2v) is 7.50. The van der Waals surface area contributed by atoms with Gasteiger partial charge in [-0.05, 0) is 45.6 Å². The van der Waals surface area contributed by atoms with Crippen molar-refractivity contribution in [1.82, 2.24) is 9.62 Å². The first-order chi connectivity index (χ1) is 8.45. The second-order valence-electron chi connectivity index (χ2n) is 4.33. The normalized spacial score (nSPS) is 12.2. The number of hydrogen-bond acceptors (Lipinski definition) is 5. The maximum Gasteiger partial charge on any atom is 0.250 e. The van der Waals surface area contributed by atoms with Gasteiger partial charge in [-0.25, -0.2) is 13.1 Å². The lowest BCUT2D eigenvalue weighted by Crippen LogP contribution is -2.24. The number of unbranched alkanes of at least 4 members (excludes halogenated alkanes) is 1. The summed E-state index contributed by atoms with van der Waals surface area (Å²) in [4.78, 5) is 2.96. The van der Waals surface area contributed by atoms with Crippen LogP contribution in [0.3, 0.4) is 0 Å². The minimum atomic E-state index is -3.35. The topological polar surface area (TPSA) is 75.4 Å². The van der Waals surface area contributed by atoms with Crippen LogP contribution < -0.4 is 10.5 Å². The SMILES string of the molecule is CN(C)CCCCNS(=O)(=O)c1ccc(CN)s1. The van der Waals surface area contributed by atoms with Crippen LogP contribution in [0.4, 0.5) is 0 Å². The molecule has 104 valence electrons. The average Bonchev–Trinajstić information content (AvgIpc) is 2.77. The molecule has 0 saturated heterocycles. The Balaban J connectivity index is 2.40. The lowest BCUT2D eigenvalue weighted by atomic mass is 10.3. The molecule has 5 nitrogen and oxygen atoms in total. The maximum absolute atomic E-state index is 11.9. The first-order valence-electron chi connectivity index (χ1n) is 5.89. The predicted molar refractivity (Wildman–Crippen MR) is 75.2 cm³/mol. The number of nitrogens with one attached hydrogen (secondary N) is 1. The maximum atomic E-state index is 11.9. The first-order valence-corrected chi connectivity index (χ1v) is 8.19. The molecule has 0 aliphatic rings. The van der Waals surface area contributed by atoms with Crippen molar-refractivity contribution in [3.8, 4) is 0 Å². The Kier molecular flexibility index (Phi) is 6.24. The third-order valence-corrected chi connectivity index (χ3v) is 5.49. The number of nitrogens with zero attached hydrogens (tertiary/aromatic N) is 1. The number of rotatable bonds is 8. The molecule has 0 radical (unpaired) electrons. The molecule has 1 aromatic rings. The molecule has 18 heavy (non-hydrogen) atoms. The zero-order chi connectivity index (χ0) is 13.6. The molecule has 0 aliphatic heterocycles. The molecule has 0 bridgehead atoms. The van der Waals surface area contributed by atoms with Gasteiger partial charge in [0.25, 0.3) is 0 Å². The molecule has 0 amide bonds. The molecule has 0 spiro atoms. The van der Waals surface area contributed by atoms with Crippen LogP contribution in [0.15, 0.2) is 16.3 Å². The Morgan fingerprint density at radius 1 is 1.33 bits per heavy atom. The van der Waals surface area contributed by atoms with E-state index in [0.29, 0.717) is 17.3 Å². The van der Waals surface area contributed by atoms with Crippen molar-refractivity contribution in [1.29, 1.82) is 0 Å². The molecule has 3 N–H and O–H groups in total. The van der Waals surface area contributed by atoms with E-state index in [4.69, 9.17) is 5.73 Å². The monoisotopic (exact) mass is 291 g/mol. The van der Waals surface area contributed by atoms with Crippen molar-refractivity contribution in [2.45, 2.75) is 23.6 Å². The third-order valence-electron chi connectivity index (χ3n) is 2.43. The van der Waals surface area contributed by atoms with E-state index in [9.17, 15) is 8.42 Å². The van der Waals surface area contributed by atoms with Gasteiger partial charge in [-0.1, -0.05) is 0 Å². The molecule has 0 unspecified atom stereocenters. The highest BCUT2D eigenvalue weighted by Crippen LogP contribution is 2.20. The fourth-order valence-electron chi connectivity index (χ4n) is 1.44. The van der Waals surface area contributed by atoms with Crippen LogP contribution in [0.2, 0.25) is 0 Å². The molecule has 0 saturated carbocycles. The van der Waals surface area contributed by atoms with E-state index < -0.39 is 10.0 Å². The number of sulfonamides is 1. The van der Waals surface area contributed by atoms with Crippen LogP contribution in [-0.2, 0) is 16.6 Å². The van der Waals surface area contributed by atoms with Crippen molar-refractivity contribution < 1.29 is 8.42 Å². The summed E-state index contributed by atoms with van der Waals surface area (Å²) in [6.07, 6.45) is 1.82. The summed E-state index contributed by atoms with van der Waals surface area (Å²) < 4.78 is 26.8. The zero-order valence-electron chi connectivity index (χ0n) is 10.8. The standard InChI is InChI=1S/C11H21N3O2S2/c1-14(2)8-4-3-7-13-18(15,16)11-6-5-10(9-12)17-11/h5-6,13H,3-4,7-9,12H2,1-2H3. The van der Waals surface area contributed by atoms with Gasteiger partial charge >= 0.3 is 0 Å². The van der Waals surface area contributed by atoms with Gasteiger partial charge in [-0.3, -0.25) is 0 Å². The molecule has 1 heterocycles. The zero-order valence-corrected chi connectivity index (χ0v) is 12.5. The highest BCUT2D eigenvalue weighted by Gasteiger charge is 2.15. The molecular formula is C11H21N3O2S2. The van der Waals surface area contributed by atoms with E-state index in [1.807, 2.05) is 14.1 Å². The molecule has 0 fully saturated rings. The number of thiophene rings is 1.